The number of fused-ring (bicyclic) bond motifs is 6. The third-order valence-electron chi connectivity index (χ3n) is 14.2. The Hall–Kier alpha value is -7.90. The van der Waals surface area contributed by atoms with Crippen molar-refractivity contribution in [2.45, 2.75) is 141 Å². The van der Waals surface area contributed by atoms with Gasteiger partial charge in [-0.1, -0.05) is 63.1 Å². The van der Waals surface area contributed by atoms with Crippen LogP contribution in [0.1, 0.15) is 126 Å². The summed E-state index contributed by atoms with van der Waals surface area (Å²) in [5.74, 6) is -12.6. The number of rotatable bonds is 13. The van der Waals surface area contributed by atoms with E-state index in [2.05, 4.69) is 63.1 Å². The molecule has 0 saturated carbocycles. The van der Waals surface area contributed by atoms with E-state index in [9.17, 15) is 67.1 Å². The first-order valence-electron chi connectivity index (χ1n) is 27.4. The minimum Gasteiger partial charge on any atom is -0.446 e. The van der Waals surface area contributed by atoms with Crippen molar-refractivity contribution in [3.8, 4) is 0 Å². The maximum atomic E-state index is 14.2. The molecule has 6 heterocycles. The van der Waals surface area contributed by atoms with E-state index in [1.807, 2.05) is 0 Å². The lowest BCUT2D eigenvalue weighted by Gasteiger charge is -2.30. The maximum Gasteiger partial charge on any atom is 0.290 e. The maximum absolute atomic E-state index is 14.2. The van der Waals surface area contributed by atoms with E-state index >= 15 is 0 Å². The first kappa shape index (κ1) is 65.3. The number of aromatic nitrogens is 2. The molecule has 6 rings (SSSR count). The van der Waals surface area contributed by atoms with Gasteiger partial charge in [-0.15, -0.1) is 0 Å². The summed E-state index contributed by atoms with van der Waals surface area (Å²) >= 11 is 0. The zero-order valence-corrected chi connectivity index (χ0v) is 49.2. The van der Waals surface area contributed by atoms with Gasteiger partial charge in [0.1, 0.15) is 60.9 Å². The highest BCUT2D eigenvalue weighted by atomic mass is 33.1. The van der Waals surface area contributed by atoms with Gasteiger partial charge in [0, 0.05) is 37.7 Å². The number of carbonyl (C=O) groups is 14. The lowest BCUT2D eigenvalue weighted by Crippen LogP contribution is -2.58. The van der Waals surface area contributed by atoms with Gasteiger partial charge in [0.05, 0.1) is 12.1 Å². The Kier molecular flexibility index (Phi) is 23.0. The molecule has 458 valence electrons. The third kappa shape index (κ3) is 16.9. The van der Waals surface area contributed by atoms with Crippen LogP contribution in [0.15, 0.2) is 21.4 Å². The quantitative estimate of drug-likeness (QED) is 0.0427. The lowest BCUT2D eigenvalue weighted by atomic mass is 9.98. The van der Waals surface area contributed by atoms with E-state index in [1.165, 1.54) is 23.6 Å². The molecule has 12 amide bonds. The fourth-order valence-electron chi connectivity index (χ4n) is 9.89. The van der Waals surface area contributed by atoms with Crippen LogP contribution in [0.5, 0.6) is 0 Å². The normalized spacial score (nSPS) is 28.6. The minimum absolute atomic E-state index is 0.0550. The number of oxazole rings is 2. The molecule has 2 aromatic heterocycles. The second-order valence-corrected chi connectivity index (χ2v) is 24.7. The molecular formula is C52H72N14O16S2. The van der Waals surface area contributed by atoms with Crippen LogP contribution in [-0.2, 0) is 57.5 Å². The molecule has 30 nitrogen and oxygen atoms in total. The summed E-state index contributed by atoms with van der Waals surface area (Å²) in [7, 11) is 1.84. The standard InChI is InChI=1S/C52H72N14O16S2/c1-23(2)9-29-39(69)47(77)57-27(7)49-63-33(17-81-49)43(73)61-35(41(71)53-13-31(55-21-67)51(79)65-15-25(5)11-37(65)45(75)59-29)19-83-84-20-36-42(72)54-14-32(56-22-68)52(80)66-16-26(6)12-38(66)46(76)60-30(10-24(3)4)40(70)48(78)58-28(8)50-64-34(18-82-50)44(74)62-36/h17-18,21-32,35-38H,9-16,19-20H2,1-8H3,(H,53,71)(H,54,72)(H,55,67)(H,56,68)(H,57,77)(H,58,78)(H,59,75)(H,60,76)(H,61,73)(H,62,74)/t25-,26-,27-,28-,29-,30-,31-,32?,35?,36?,37-,38-/m0/s1. The van der Waals surface area contributed by atoms with Crippen LogP contribution in [0.2, 0.25) is 0 Å². The summed E-state index contributed by atoms with van der Waals surface area (Å²) in [5.41, 5.74) is -0.731. The van der Waals surface area contributed by atoms with Crippen LogP contribution < -0.4 is 53.2 Å². The molecule has 4 aliphatic heterocycles. The van der Waals surface area contributed by atoms with Crippen molar-refractivity contribution in [2.75, 3.05) is 37.7 Å². The summed E-state index contributed by atoms with van der Waals surface area (Å²) in [5, 5.41) is 25.2. The topological polar surface area (TPSA) is 418 Å². The first-order valence-corrected chi connectivity index (χ1v) is 29.9. The summed E-state index contributed by atoms with van der Waals surface area (Å²) in [6.45, 7) is 12.6. The Bertz CT molecular complexity index is 2660. The Morgan fingerprint density at radius 1 is 0.536 bits per heavy atom. The highest BCUT2D eigenvalue weighted by Gasteiger charge is 2.44. The minimum atomic E-state index is -1.49. The predicted molar refractivity (Wildman–Crippen MR) is 297 cm³/mol. The summed E-state index contributed by atoms with van der Waals surface area (Å²) in [6, 6.07) is -12.9. The van der Waals surface area contributed by atoms with Gasteiger partial charge in [-0.25, -0.2) is 9.97 Å². The zero-order chi connectivity index (χ0) is 61.7. The molecule has 10 N–H and O–H groups in total. The first-order chi connectivity index (χ1) is 39.8. The number of ketones is 2. The molecule has 84 heavy (non-hydrogen) atoms. The van der Waals surface area contributed by atoms with Gasteiger partial charge >= 0.3 is 0 Å². The van der Waals surface area contributed by atoms with Crippen molar-refractivity contribution in [1.29, 1.82) is 0 Å². The lowest BCUT2D eigenvalue weighted by molar-refractivity contribution is -0.143. The van der Waals surface area contributed by atoms with Crippen molar-refractivity contribution in [1.82, 2.24) is 72.9 Å². The Labute approximate surface area is 490 Å². The molecule has 0 radical (unpaired) electrons. The SMILES string of the molecule is CC(C)C[C@@H]1NC(=O)[C@@H]2C[C@H](C)CN2C(=O)C(NC=O)CNC(=O)C(CSSCC2NC(=O)c3coc(n3)[C@H](C)NC(=O)C(=O)[C@H](CC(C)C)NC(=O)[C@@H]3C[C@H](C)CN3C(=O)[C@@H](NC=O)CNC2=O)NC(=O)c2coc(n2)[C@H](C)NC(=O)C1=O. The van der Waals surface area contributed by atoms with Crippen molar-refractivity contribution in [3.05, 3.63) is 35.7 Å². The largest absolute Gasteiger partial charge is 0.446 e. The van der Waals surface area contributed by atoms with Crippen LogP contribution >= 0.6 is 21.6 Å². The Balaban J connectivity index is 1.25. The second-order valence-electron chi connectivity index (χ2n) is 22.1. The van der Waals surface area contributed by atoms with Gasteiger partial charge in [0.15, 0.2) is 11.4 Å². The smallest absolute Gasteiger partial charge is 0.290 e. The summed E-state index contributed by atoms with van der Waals surface area (Å²) in [6.07, 6.45) is 2.79. The van der Waals surface area contributed by atoms with Crippen molar-refractivity contribution >= 4 is 105 Å². The summed E-state index contributed by atoms with van der Waals surface area (Å²) < 4.78 is 11.0. The van der Waals surface area contributed by atoms with E-state index in [0.29, 0.717) is 0 Å². The van der Waals surface area contributed by atoms with Gasteiger partial charge < -0.3 is 71.8 Å². The average molecular weight is 1210 g/mol. The molecule has 4 bridgehead atoms. The van der Waals surface area contributed by atoms with E-state index in [1.54, 1.807) is 41.5 Å². The average Bonchev–Trinajstić information content (AvgIpc) is 4.48. The van der Waals surface area contributed by atoms with Gasteiger partial charge in [-0.05, 0) is 63.2 Å². The Morgan fingerprint density at radius 2 is 0.905 bits per heavy atom. The number of nitrogens with zero attached hydrogens (tertiary/aromatic N) is 4. The number of nitrogens with one attached hydrogen (secondary N) is 10. The van der Waals surface area contributed by atoms with Gasteiger partial charge in [-0.3, -0.25) is 67.1 Å². The monoisotopic (exact) mass is 1210 g/mol. The fourth-order valence-corrected chi connectivity index (χ4v) is 12.2. The Morgan fingerprint density at radius 3 is 1.25 bits per heavy atom. The number of carbonyl (C=O) groups excluding carboxylic acids is 14. The highest BCUT2D eigenvalue weighted by molar-refractivity contribution is 8.76. The molecule has 0 spiro atoms. The van der Waals surface area contributed by atoms with Crippen molar-refractivity contribution < 1.29 is 76.0 Å². The number of Topliss-reactive ketones (excluding diaryl/α,β-unsaturated/α-hetero) is 2. The van der Waals surface area contributed by atoms with Crippen LogP contribution in [0.4, 0.5) is 0 Å². The molecule has 2 fully saturated rings. The van der Waals surface area contributed by atoms with Gasteiger partial charge in [0.2, 0.25) is 71.6 Å². The molecular weight excluding hydrogens is 1140 g/mol. The highest BCUT2D eigenvalue weighted by Crippen LogP contribution is 2.28. The molecule has 0 aromatic carbocycles. The van der Waals surface area contributed by atoms with E-state index in [4.69, 9.17) is 8.83 Å². The van der Waals surface area contributed by atoms with E-state index in [0.717, 1.165) is 34.1 Å². The molecule has 2 aromatic rings. The van der Waals surface area contributed by atoms with Crippen molar-refractivity contribution in [2.24, 2.45) is 23.7 Å². The van der Waals surface area contributed by atoms with E-state index < -0.39 is 144 Å². The third-order valence-corrected chi connectivity index (χ3v) is 16.6. The number of hydrogen-bond acceptors (Lipinski definition) is 20. The summed E-state index contributed by atoms with van der Waals surface area (Å²) in [4.78, 5) is 201. The van der Waals surface area contributed by atoms with Crippen molar-refractivity contribution in [3.63, 3.8) is 0 Å². The molecule has 3 unspecified atom stereocenters. The van der Waals surface area contributed by atoms with Crippen LogP contribution in [-0.4, -0.2) is 189 Å². The molecule has 2 saturated heterocycles. The fraction of sp³-hybridized carbons (Fsp3) is 0.615. The number of hydrogen-bond donors (Lipinski definition) is 10. The molecule has 12 atom stereocenters. The number of amides is 12. The van der Waals surface area contributed by atoms with Gasteiger partial charge in [0.25, 0.3) is 23.6 Å². The molecule has 32 heteroatoms. The van der Waals surface area contributed by atoms with Crippen LogP contribution in [0.25, 0.3) is 0 Å². The second kappa shape index (κ2) is 29.6. The zero-order valence-electron chi connectivity index (χ0n) is 47.6. The van der Waals surface area contributed by atoms with Gasteiger partial charge in [-0.2, -0.15) is 0 Å². The van der Waals surface area contributed by atoms with Crippen LogP contribution in [0, 0.1) is 23.7 Å². The molecule has 0 aliphatic carbocycles. The molecule has 4 aliphatic rings. The van der Waals surface area contributed by atoms with E-state index in [-0.39, 0.29) is 110 Å². The van der Waals surface area contributed by atoms with Crippen LogP contribution in [0.3, 0.4) is 0 Å². The predicted octanol–water partition coefficient (Wildman–Crippen LogP) is -2.54.